The number of aliphatic hydroxyl groups is 1. The van der Waals surface area contributed by atoms with Crippen molar-refractivity contribution in [2.45, 2.75) is 6.10 Å². The van der Waals surface area contributed by atoms with Crippen LogP contribution in [0.3, 0.4) is 0 Å². The summed E-state index contributed by atoms with van der Waals surface area (Å²) in [5.74, 6) is -0.547. The van der Waals surface area contributed by atoms with Gasteiger partial charge in [0.25, 0.3) is 0 Å². The Hall–Kier alpha value is -1.53. The highest BCUT2D eigenvalue weighted by Crippen LogP contribution is 2.32. The number of halogens is 4. The third kappa shape index (κ3) is 4.72. The largest absolute Gasteiger partial charge is 0.386 e. The van der Waals surface area contributed by atoms with E-state index in [1.54, 1.807) is 6.07 Å². The van der Waals surface area contributed by atoms with E-state index in [1.165, 1.54) is 30.3 Å². The molecule has 0 radical (unpaired) electrons. The Bertz CT molecular complexity index is 728. The highest BCUT2D eigenvalue weighted by Gasteiger charge is 2.14. The number of anilines is 1. The van der Waals surface area contributed by atoms with Gasteiger partial charge in [0, 0.05) is 12.1 Å². The predicted octanol–water partition coefficient (Wildman–Crippen LogP) is 4.64. The minimum Gasteiger partial charge on any atom is -0.386 e. The van der Waals surface area contributed by atoms with E-state index in [1.807, 2.05) is 0 Å². The topological polar surface area (TPSA) is 61.4 Å². The number of amides is 2. The molecule has 2 aromatic rings. The lowest BCUT2D eigenvalue weighted by Crippen LogP contribution is -2.32. The molecule has 8 heteroatoms. The number of carbonyl (C=O) groups is 1. The standard InChI is InChI=1S/C15H12Cl3FN2O2/c16-9-5-11(18)13(6-10(9)17)21-15(23)20-7-14(22)8-3-1-2-4-12(8)19/h1-6,14,22H,7H2,(H2,20,21,23)/t14-/m1/s1. The third-order valence-electron chi connectivity index (χ3n) is 2.98. The first-order chi connectivity index (χ1) is 10.9. The second-order valence-electron chi connectivity index (χ2n) is 4.62. The van der Waals surface area contributed by atoms with Crippen molar-refractivity contribution in [1.29, 1.82) is 0 Å². The van der Waals surface area contributed by atoms with Crippen LogP contribution in [0.25, 0.3) is 0 Å². The van der Waals surface area contributed by atoms with Crippen LogP contribution in [0.5, 0.6) is 0 Å². The van der Waals surface area contributed by atoms with Crippen LogP contribution in [0, 0.1) is 5.82 Å². The number of carbonyl (C=O) groups excluding carboxylic acids is 1. The Kier molecular flexibility index (Phi) is 6.07. The summed E-state index contributed by atoms with van der Waals surface area (Å²) in [7, 11) is 0. The van der Waals surface area contributed by atoms with Crippen molar-refractivity contribution < 1.29 is 14.3 Å². The third-order valence-corrected chi connectivity index (χ3v) is 4.01. The molecule has 2 rings (SSSR count). The second-order valence-corrected chi connectivity index (χ2v) is 5.84. The molecule has 0 fully saturated rings. The van der Waals surface area contributed by atoms with E-state index in [0.29, 0.717) is 0 Å². The first kappa shape index (κ1) is 17.8. The number of hydrogen-bond acceptors (Lipinski definition) is 2. The van der Waals surface area contributed by atoms with Crippen molar-refractivity contribution in [2.24, 2.45) is 0 Å². The number of rotatable bonds is 4. The van der Waals surface area contributed by atoms with Gasteiger partial charge in [-0.25, -0.2) is 9.18 Å². The van der Waals surface area contributed by atoms with E-state index in [9.17, 15) is 14.3 Å². The molecule has 0 aliphatic rings. The maximum atomic E-state index is 13.5. The van der Waals surface area contributed by atoms with Crippen LogP contribution in [-0.2, 0) is 0 Å². The van der Waals surface area contributed by atoms with Gasteiger partial charge in [-0.3, -0.25) is 0 Å². The van der Waals surface area contributed by atoms with Gasteiger partial charge >= 0.3 is 6.03 Å². The molecular weight excluding hydrogens is 366 g/mol. The Morgan fingerprint density at radius 3 is 2.48 bits per heavy atom. The molecule has 0 spiro atoms. The summed E-state index contributed by atoms with van der Waals surface area (Å²) in [6.07, 6.45) is -1.17. The molecule has 0 unspecified atom stereocenters. The van der Waals surface area contributed by atoms with Crippen LogP contribution < -0.4 is 10.6 Å². The Labute approximate surface area is 147 Å². The molecule has 23 heavy (non-hydrogen) atoms. The summed E-state index contributed by atoms with van der Waals surface area (Å²) in [6, 6.07) is 7.95. The van der Waals surface area contributed by atoms with E-state index >= 15 is 0 Å². The maximum Gasteiger partial charge on any atom is 0.319 e. The Balaban J connectivity index is 1.96. The van der Waals surface area contributed by atoms with Gasteiger partial charge in [-0.1, -0.05) is 53.0 Å². The van der Waals surface area contributed by atoms with Crippen molar-refractivity contribution in [3.8, 4) is 0 Å². The summed E-state index contributed by atoms with van der Waals surface area (Å²) >= 11 is 17.6. The SMILES string of the molecule is O=C(NC[C@@H](O)c1ccccc1F)Nc1cc(Cl)c(Cl)cc1Cl. The van der Waals surface area contributed by atoms with Gasteiger partial charge in [-0.15, -0.1) is 0 Å². The fraction of sp³-hybridized carbons (Fsp3) is 0.133. The molecule has 122 valence electrons. The number of aliphatic hydroxyl groups excluding tert-OH is 1. The summed E-state index contributed by atoms with van der Waals surface area (Å²) < 4.78 is 13.5. The van der Waals surface area contributed by atoms with Crippen LogP contribution in [0.2, 0.25) is 15.1 Å². The monoisotopic (exact) mass is 376 g/mol. The lowest BCUT2D eigenvalue weighted by atomic mass is 10.1. The molecule has 2 aromatic carbocycles. The number of hydrogen-bond donors (Lipinski definition) is 3. The summed E-state index contributed by atoms with van der Waals surface area (Å²) in [5.41, 5.74) is 0.360. The van der Waals surface area contributed by atoms with Crippen molar-refractivity contribution in [2.75, 3.05) is 11.9 Å². The van der Waals surface area contributed by atoms with Gasteiger partial charge in [0.2, 0.25) is 0 Å². The molecule has 2 amide bonds. The van der Waals surface area contributed by atoms with Gasteiger partial charge in [-0.2, -0.15) is 0 Å². The van der Waals surface area contributed by atoms with Gasteiger partial charge in [0.1, 0.15) is 5.82 Å². The van der Waals surface area contributed by atoms with Crippen molar-refractivity contribution >= 4 is 46.5 Å². The lowest BCUT2D eigenvalue weighted by molar-refractivity contribution is 0.170. The molecule has 1 atom stereocenters. The van der Waals surface area contributed by atoms with Crippen LogP contribution in [-0.4, -0.2) is 17.7 Å². The fourth-order valence-electron chi connectivity index (χ4n) is 1.83. The molecule has 0 heterocycles. The zero-order valence-electron chi connectivity index (χ0n) is 11.6. The quantitative estimate of drug-likeness (QED) is 0.680. The smallest absolute Gasteiger partial charge is 0.319 e. The van der Waals surface area contributed by atoms with E-state index in [4.69, 9.17) is 34.8 Å². The number of urea groups is 1. The molecule has 0 saturated heterocycles. The second kappa shape index (κ2) is 7.84. The van der Waals surface area contributed by atoms with Gasteiger partial charge in [0.05, 0.1) is 26.9 Å². The van der Waals surface area contributed by atoms with Gasteiger partial charge in [-0.05, 0) is 18.2 Å². The molecule has 0 aliphatic carbocycles. The highest BCUT2D eigenvalue weighted by molar-refractivity contribution is 6.44. The van der Waals surface area contributed by atoms with Crippen LogP contribution in [0.1, 0.15) is 11.7 Å². The van der Waals surface area contributed by atoms with E-state index < -0.39 is 18.0 Å². The Morgan fingerprint density at radius 2 is 1.78 bits per heavy atom. The Morgan fingerprint density at radius 1 is 1.13 bits per heavy atom. The number of benzene rings is 2. The van der Waals surface area contributed by atoms with Crippen LogP contribution in [0.15, 0.2) is 36.4 Å². The first-order valence-corrected chi connectivity index (χ1v) is 7.63. The van der Waals surface area contributed by atoms with Crippen LogP contribution >= 0.6 is 34.8 Å². The summed E-state index contributed by atoms with van der Waals surface area (Å²) in [5, 5.41) is 15.5. The molecule has 0 saturated carbocycles. The zero-order valence-corrected chi connectivity index (χ0v) is 13.9. The summed E-state index contributed by atoms with van der Waals surface area (Å²) in [4.78, 5) is 11.8. The molecule has 0 aliphatic heterocycles. The average molecular weight is 378 g/mol. The zero-order chi connectivity index (χ0) is 17.0. The average Bonchev–Trinajstić information content (AvgIpc) is 2.51. The predicted molar refractivity (Wildman–Crippen MR) is 89.9 cm³/mol. The molecule has 0 bridgehead atoms. The highest BCUT2D eigenvalue weighted by atomic mass is 35.5. The van der Waals surface area contributed by atoms with Crippen molar-refractivity contribution in [3.63, 3.8) is 0 Å². The van der Waals surface area contributed by atoms with E-state index in [0.717, 1.165) is 0 Å². The minimum absolute atomic E-state index is 0.0976. The summed E-state index contributed by atoms with van der Waals surface area (Å²) in [6.45, 7) is -0.175. The van der Waals surface area contributed by atoms with Crippen molar-refractivity contribution in [3.05, 3.63) is 62.8 Å². The minimum atomic E-state index is -1.17. The number of nitrogens with one attached hydrogen (secondary N) is 2. The fourth-order valence-corrected chi connectivity index (χ4v) is 2.42. The maximum absolute atomic E-state index is 13.5. The lowest BCUT2D eigenvalue weighted by Gasteiger charge is -2.14. The van der Waals surface area contributed by atoms with Gasteiger partial charge in [0.15, 0.2) is 0 Å². The van der Waals surface area contributed by atoms with Crippen molar-refractivity contribution in [1.82, 2.24) is 5.32 Å². The van der Waals surface area contributed by atoms with E-state index in [2.05, 4.69) is 10.6 Å². The van der Waals surface area contributed by atoms with Crippen LogP contribution in [0.4, 0.5) is 14.9 Å². The molecule has 4 nitrogen and oxygen atoms in total. The molecular formula is C15H12Cl3FN2O2. The first-order valence-electron chi connectivity index (χ1n) is 6.50. The normalized spacial score (nSPS) is 11.9. The molecule has 3 N–H and O–H groups in total. The van der Waals surface area contributed by atoms with E-state index in [-0.39, 0.29) is 32.9 Å². The van der Waals surface area contributed by atoms with Gasteiger partial charge < -0.3 is 15.7 Å². The molecule has 0 aromatic heterocycles.